The highest BCUT2D eigenvalue weighted by Gasteiger charge is 2.15. The number of nitrogens with zero attached hydrogens (tertiary/aromatic N) is 2. The zero-order valence-electron chi connectivity index (χ0n) is 16.6. The van der Waals surface area contributed by atoms with Crippen LogP contribution >= 0.6 is 23.4 Å². The molecule has 0 spiro atoms. The first-order chi connectivity index (χ1) is 14.5. The molecule has 2 heterocycles. The summed E-state index contributed by atoms with van der Waals surface area (Å²) in [6, 6.07) is 20.7. The molecule has 7 heteroatoms. The Hall–Kier alpha value is -2.96. The van der Waals surface area contributed by atoms with E-state index in [4.69, 9.17) is 16.0 Å². The van der Waals surface area contributed by atoms with Crippen molar-refractivity contribution >= 4 is 35.0 Å². The number of amides is 1. The first-order valence-corrected chi connectivity index (χ1v) is 10.6. The largest absolute Gasteiger partial charge is 0.454 e. The fourth-order valence-corrected chi connectivity index (χ4v) is 4.07. The van der Waals surface area contributed by atoms with Crippen LogP contribution in [0.25, 0.3) is 0 Å². The summed E-state index contributed by atoms with van der Waals surface area (Å²) >= 11 is 7.52. The highest BCUT2D eigenvalue weighted by atomic mass is 35.5. The summed E-state index contributed by atoms with van der Waals surface area (Å²) in [5, 5.41) is 8.07. The Morgan fingerprint density at radius 3 is 2.60 bits per heavy atom. The molecule has 2 aromatic carbocycles. The summed E-state index contributed by atoms with van der Waals surface area (Å²) in [5.74, 6) is 0.645. The first kappa shape index (κ1) is 20.3. The molecule has 0 saturated heterocycles. The van der Waals surface area contributed by atoms with Gasteiger partial charge in [-0.1, -0.05) is 35.5 Å². The predicted octanol–water partition coefficient (Wildman–Crippen LogP) is 6.20. The number of aromatic nitrogens is 2. The van der Waals surface area contributed by atoms with Gasteiger partial charge in [-0.2, -0.15) is 5.10 Å². The quantitative estimate of drug-likeness (QED) is 0.390. The number of nitrogens with one attached hydrogen (secondary N) is 1. The molecule has 1 amide bonds. The number of hydrogen-bond acceptors (Lipinski definition) is 4. The molecule has 5 nitrogen and oxygen atoms in total. The molecule has 2 aromatic heterocycles. The van der Waals surface area contributed by atoms with Crippen molar-refractivity contribution in [2.24, 2.45) is 0 Å². The van der Waals surface area contributed by atoms with E-state index >= 15 is 0 Å². The van der Waals surface area contributed by atoms with Gasteiger partial charge in [0.2, 0.25) is 0 Å². The molecule has 0 aliphatic carbocycles. The molecule has 4 rings (SSSR count). The number of anilines is 1. The number of carbonyl (C=O) groups is 1. The van der Waals surface area contributed by atoms with E-state index < -0.39 is 0 Å². The summed E-state index contributed by atoms with van der Waals surface area (Å²) in [4.78, 5) is 14.7. The smallest absolute Gasteiger partial charge is 0.291 e. The maximum atomic E-state index is 12.7. The lowest BCUT2D eigenvalue weighted by Crippen LogP contribution is -2.11. The second-order valence-corrected chi connectivity index (χ2v) is 8.41. The number of halogens is 1. The average molecular weight is 438 g/mol. The lowest BCUT2D eigenvalue weighted by atomic mass is 10.3. The zero-order chi connectivity index (χ0) is 21.1. The zero-order valence-corrected chi connectivity index (χ0v) is 18.1. The third-order valence-electron chi connectivity index (χ3n) is 4.47. The predicted molar refractivity (Wildman–Crippen MR) is 119 cm³/mol. The van der Waals surface area contributed by atoms with Gasteiger partial charge in [0.1, 0.15) is 5.76 Å². The standard InChI is InChI=1S/C23H20ClN3O2S/c1-15-13-16(2)27(26-15)14-18-9-12-21(29-18)23(28)25-20-5-3-4-6-22(20)30-19-10-7-17(24)8-11-19/h3-13H,14H2,1-2H3,(H,25,28). The normalized spacial score (nSPS) is 10.9. The molecule has 0 aliphatic heterocycles. The van der Waals surface area contributed by atoms with Crippen LogP contribution < -0.4 is 5.32 Å². The van der Waals surface area contributed by atoms with Crippen molar-refractivity contribution in [1.82, 2.24) is 9.78 Å². The van der Waals surface area contributed by atoms with E-state index in [1.165, 1.54) is 0 Å². The van der Waals surface area contributed by atoms with Crippen molar-refractivity contribution in [3.8, 4) is 0 Å². The van der Waals surface area contributed by atoms with Crippen molar-refractivity contribution in [1.29, 1.82) is 0 Å². The van der Waals surface area contributed by atoms with E-state index in [0.717, 1.165) is 26.9 Å². The Balaban J connectivity index is 1.47. The van der Waals surface area contributed by atoms with E-state index in [1.54, 1.807) is 23.9 Å². The van der Waals surface area contributed by atoms with Crippen molar-refractivity contribution < 1.29 is 9.21 Å². The van der Waals surface area contributed by atoms with E-state index in [-0.39, 0.29) is 11.7 Å². The first-order valence-electron chi connectivity index (χ1n) is 9.41. The van der Waals surface area contributed by atoms with Crippen molar-refractivity contribution in [2.45, 2.75) is 30.2 Å². The summed E-state index contributed by atoms with van der Waals surface area (Å²) in [6.07, 6.45) is 0. The fraction of sp³-hybridized carbons (Fsp3) is 0.130. The highest BCUT2D eigenvalue weighted by Crippen LogP contribution is 2.34. The van der Waals surface area contributed by atoms with Gasteiger partial charge >= 0.3 is 0 Å². The van der Waals surface area contributed by atoms with Crippen LogP contribution in [-0.4, -0.2) is 15.7 Å². The van der Waals surface area contributed by atoms with Gasteiger partial charge in [0.25, 0.3) is 5.91 Å². The van der Waals surface area contributed by atoms with Crippen LogP contribution in [0.2, 0.25) is 5.02 Å². The van der Waals surface area contributed by atoms with Gasteiger partial charge in [-0.15, -0.1) is 0 Å². The van der Waals surface area contributed by atoms with Crippen LogP contribution in [0.15, 0.2) is 80.9 Å². The molecule has 1 N–H and O–H groups in total. The second kappa shape index (κ2) is 8.81. The topological polar surface area (TPSA) is 60.1 Å². The van der Waals surface area contributed by atoms with Gasteiger partial charge in [-0.05, 0) is 68.4 Å². The van der Waals surface area contributed by atoms with Crippen LogP contribution in [0, 0.1) is 13.8 Å². The number of rotatable bonds is 6. The maximum absolute atomic E-state index is 12.7. The van der Waals surface area contributed by atoms with Crippen molar-refractivity contribution in [2.75, 3.05) is 5.32 Å². The van der Waals surface area contributed by atoms with Gasteiger partial charge < -0.3 is 9.73 Å². The molecule has 4 aromatic rings. The molecule has 0 saturated carbocycles. The monoisotopic (exact) mass is 437 g/mol. The molecule has 0 radical (unpaired) electrons. The van der Waals surface area contributed by atoms with E-state index in [2.05, 4.69) is 10.4 Å². The molecule has 0 atom stereocenters. The lowest BCUT2D eigenvalue weighted by molar-refractivity contribution is 0.0994. The van der Waals surface area contributed by atoms with Crippen LogP contribution in [0.4, 0.5) is 5.69 Å². The molecule has 0 unspecified atom stereocenters. The minimum absolute atomic E-state index is 0.262. The SMILES string of the molecule is Cc1cc(C)n(Cc2ccc(C(=O)Nc3ccccc3Sc3ccc(Cl)cc3)o2)n1. The third-order valence-corrected chi connectivity index (χ3v) is 5.81. The molecule has 0 fully saturated rings. The van der Waals surface area contributed by atoms with Crippen molar-refractivity contribution in [3.63, 3.8) is 0 Å². The van der Waals surface area contributed by atoms with Crippen LogP contribution in [0.3, 0.4) is 0 Å². The maximum Gasteiger partial charge on any atom is 0.291 e. The minimum Gasteiger partial charge on any atom is -0.454 e. The second-order valence-electron chi connectivity index (χ2n) is 6.86. The van der Waals surface area contributed by atoms with Gasteiger partial charge in [0, 0.05) is 20.5 Å². The van der Waals surface area contributed by atoms with Crippen LogP contribution in [-0.2, 0) is 6.54 Å². The van der Waals surface area contributed by atoms with E-state index in [9.17, 15) is 4.79 Å². The van der Waals surface area contributed by atoms with Crippen LogP contribution in [0.1, 0.15) is 27.7 Å². The van der Waals surface area contributed by atoms with E-state index in [1.807, 2.05) is 73.1 Å². The molecule has 0 aliphatic rings. The number of carbonyl (C=O) groups excluding carboxylic acids is 1. The molecule has 152 valence electrons. The molecule has 0 bridgehead atoms. The van der Waals surface area contributed by atoms with E-state index in [0.29, 0.717) is 17.3 Å². The van der Waals surface area contributed by atoms with Crippen molar-refractivity contribution in [3.05, 3.63) is 94.7 Å². The van der Waals surface area contributed by atoms with Gasteiger partial charge in [-0.25, -0.2) is 0 Å². The Labute approximate surface area is 184 Å². The number of para-hydroxylation sites is 1. The lowest BCUT2D eigenvalue weighted by Gasteiger charge is -2.10. The Bertz CT molecular complexity index is 1180. The van der Waals surface area contributed by atoms with Gasteiger partial charge in [0.05, 0.1) is 17.9 Å². The Morgan fingerprint density at radius 1 is 1.10 bits per heavy atom. The number of hydrogen-bond donors (Lipinski definition) is 1. The Kier molecular flexibility index (Phi) is 5.97. The van der Waals surface area contributed by atoms with Crippen LogP contribution in [0.5, 0.6) is 0 Å². The fourth-order valence-electron chi connectivity index (χ4n) is 3.04. The highest BCUT2D eigenvalue weighted by molar-refractivity contribution is 7.99. The Morgan fingerprint density at radius 2 is 1.87 bits per heavy atom. The molecular formula is C23H20ClN3O2S. The number of furan rings is 1. The summed E-state index contributed by atoms with van der Waals surface area (Å²) in [7, 11) is 0. The third kappa shape index (κ3) is 4.78. The number of benzene rings is 2. The van der Waals surface area contributed by atoms with Gasteiger partial charge in [0.15, 0.2) is 5.76 Å². The summed E-state index contributed by atoms with van der Waals surface area (Å²) < 4.78 is 7.62. The number of aryl methyl sites for hydroxylation is 2. The average Bonchev–Trinajstić information content (AvgIpc) is 3.31. The summed E-state index contributed by atoms with van der Waals surface area (Å²) in [5.41, 5.74) is 2.72. The summed E-state index contributed by atoms with van der Waals surface area (Å²) in [6.45, 7) is 4.42. The molecule has 30 heavy (non-hydrogen) atoms. The molecular weight excluding hydrogens is 418 g/mol. The minimum atomic E-state index is -0.293. The van der Waals surface area contributed by atoms with Gasteiger partial charge in [-0.3, -0.25) is 9.48 Å².